The van der Waals surface area contributed by atoms with Crippen molar-refractivity contribution < 1.29 is 0 Å². The fraction of sp³-hybridized carbons (Fsp3) is 1.00. The predicted octanol–water partition coefficient (Wildman–Crippen LogP) is 1.71. The van der Waals surface area contributed by atoms with Crippen LogP contribution in [-0.2, 0) is 0 Å². The summed E-state index contributed by atoms with van der Waals surface area (Å²) in [6.07, 6.45) is 4.05. The van der Waals surface area contributed by atoms with E-state index < -0.39 is 0 Å². The van der Waals surface area contributed by atoms with Crippen LogP contribution in [0.4, 0.5) is 0 Å². The molecule has 1 nitrogen and oxygen atoms in total. The molecular formula is C9H14ClN. The largest absolute Gasteiger partial charge is 0.301 e. The normalized spacial score (nSPS) is 60.3. The minimum atomic E-state index is 0.198. The van der Waals surface area contributed by atoms with Gasteiger partial charge in [0.25, 0.3) is 0 Å². The Bertz CT molecular complexity index is 155. The minimum Gasteiger partial charge on any atom is -0.301 e. The SMILES string of the molecule is ClC12CC3CC(CN(C3)C1)C2. The Morgan fingerprint density at radius 3 is 2.27 bits per heavy atom. The average Bonchev–Trinajstić information content (AvgIpc) is 1.79. The topological polar surface area (TPSA) is 3.24 Å². The standard InChI is InChI=1S/C9H14ClN/c10-9-2-7-1-8(3-9)5-11(4-7)6-9/h7-8H,1-6H2. The van der Waals surface area contributed by atoms with Gasteiger partial charge in [0.15, 0.2) is 0 Å². The lowest BCUT2D eigenvalue weighted by Gasteiger charge is -2.55. The molecule has 0 N–H and O–H groups in total. The van der Waals surface area contributed by atoms with E-state index in [1.54, 1.807) is 0 Å². The Hall–Kier alpha value is 0.250. The monoisotopic (exact) mass is 171 g/mol. The van der Waals surface area contributed by atoms with Crippen molar-refractivity contribution in [2.75, 3.05) is 19.6 Å². The second-order valence-corrected chi connectivity index (χ2v) is 5.52. The van der Waals surface area contributed by atoms with Gasteiger partial charge in [-0.05, 0) is 31.1 Å². The highest BCUT2D eigenvalue weighted by Gasteiger charge is 2.48. The molecule has 4 fully saturated rings. The van der Waals surface area contributed by atoms with Crippen molar-refractivity contribution in [3.8, 4) is 0 Å². The molecule has 0 radical (unpaired) electrons. The van der Waals surface area contributed by atoms with Gasteiger partial charge in [-0.15, -0.1) is 11.6 Å². The van der Waals surface area contributed by atoms with Crippen LogP contribution >= 0.6 is 11.6 Å². The molecule has 4 bridgehead atoms. The number of halogens is 1. The number of piperidine rings is 3. The van der Waals surface area contributed by atoms with Gasteiger partial charge in [-0.3, -0.25) is 0 Å². The van der Waals surface area contributed by atoms with Crippen molar-refractivity contribution in [1.29, 1.82) is 0 Å². The lowest BCUT2D eigenvalue weighted by Crippen LogP contribution is -2.60. The van der Waals surface area contributed by atoms with Crippen LogP contribution in [0, 0.1) is 11.8 Å². The molecule has 2 unspecified atom stereocenters. The second-order valence-electron chi connectivity index (χ2n) is 4.72. The maximum atomic E-state index is 6.49. The number of nitrogens with zero attached hydrogens (tertiary/aromatic N) is 1. The van der Waals surface area contributed by atoms with Crippen LogP contribution in [-0.4, -0.2) is 29.4 Å². The molecule has 0 spiro atoms. The summed E-state index contributed by atoms with van der Waals surface area (Å²) >= 11 is 6.49. The van der Waals surface area contributed by atoms with E-state index in [0.717, 1.165) is 11.8 Å². The van der Waals surface area contributed by atoms with Gasteiger partial charge in [-0.25, -0.2) is 0 Å². The first-order chi connectivity index (χ1) is 5.23. The van der Waals surface area contributed by atoms with Crippen LogP contribution in [0.25, 0.3) is 0 Å². The lowest BCUT2D eigenvalue weighted by molar-refractivity contribution is -0.00369. The molecule has 3 saturated heterocycles. The van der Waals surface area contributed by atoms with E-state index in [4.69, 9.17) is 11.6 Å². The smallest absolute Gasteiger partial charge is 0.0579 e. The third-order valence-electron chi connectivity index (χ3n) is 3.52. The van der Waals surface area contributed by atoms with Gasteiger partial charge < -0.3 is 4.90 Å². The van der Waals surface area contributed by atoms with Gasteiger partial charge in [-0.1, -0.05) is 0 Å². The van der Waals surface area contributed by atoms with E-state index in [-0.39, 0.29) is 4.87 Å². The van der Waals surface area contributed by atoms with Crippen LogP contribution in [0.15, 0.2) is 0 Å². The quantitative estimate of drug-likeness (QED) is 0.502. The Morgan fingerprint density at radius 1 is 1.18 bits per heavy atom. The predicted molar refractivity (Wildman–Crippen MR) is 45.9 cm³/mol. The van der Waals surface area contributed by atoms with E-state index in [2.05, 4.69) is 4.90 Å². The van der Waals surface area contributed by atoms with E-state index in [9.17, 15) is 0 Å². The Labute approximate surface area is 72.7 Å². The van der Waals surface area contributed by atoms with Crippen LogP contribution in [0.3, 0.4) is 0 Å². The molecule has 4 aliphatic rings. The summed E-state index contributed by atoms with van der Waals surface area (Å²) in [6, 6.07) is 0. The van der Waals surface area contributed by atoms with Crippen molar-refractivity contribution in [3.05, 3.63) is 0 Å². The maximum Gasteiger partial charge on any atom is 0.0579 e. The van der Waals surface area contributed by atoms with Crippen molar-refractivity contribution in [2.45, 2.75) is 24.1 Å². The summed E-state index contributed by atoms with van der Waals surface area (Å²) in [5.74, 6) is 1.88. The highest BCUT2D eigenvalue weighted by Crippen LogP contribution is 2.48. The molecule has 0 aromatic carbocycles. The van der Waals surface area contributed by atoms with Crippen LogP contribution in [0.1, 0.15) is 19.3 Å². The molecule has 0 aromatic heterocycles. The second kappa shape index (κ2) is 1.94. The van der Waals surface area contributed by atoms with E-state index in [1.807, 2.05) is 0 Å². The van der Waals surface area contributed by atoms with Crippen molar-refractivity contribution in [3.63, 3.8) is 0 Å². The Balaban J connectivity index is 1.94. The summed E-state index contributed by atoms with van der Waals surface area (Å²) in [7, 11) is 0. The fourth-order valence-electron chi connectivity index (χ4n) is 3.50. The summed E-state index contributed by atoms with van der Waals surface area (Å²) in [6.45, 7) is 3.84. The average molecular weight is 172 g/mol. The lowest BCUT2D eigenvalue weighted by atomic mass is 9.68. The summed E-state index contributed by atoms with van der Waals surface area (Å²) in [5, 5.41) is 0. The molecule has 3 aliphatic heterocycles. The Morgan fingerprint density at radius 2 is 1.82 bits per heavy atom. The van der Waals surface area contributed by atoms with Crippen LogP contribution in [0.5, 0.6) is 0 Å². The first-order valence-electron chi connectivity index (χ1n) is 4.65. The first-order valence-corrected chi connectivity index (χ1v) is 5.03. The zero-order valence-electron chi connectivity index (χ0n) is 6.72. The molecule has 0 aromatic rings. The summed E-state index contributed by atoms with van der Waals surface area (Å²) < 4.78 is 0. The number of hydrogen-bond donors (Lipinski definition) is 0. The van der Waals surface area contributed by atoms with Crippen molar-refractivity contribution in [2.24, 2.45) is 11.8 Å². The highest BCUT2D eigenvalue weighted by molar-refractivity contribution is 6.24. The van der Waals surface area contributed by atoms with Gasteiger partial charge in [0.05, 0.1) is 4.87 Å². The molecule has 1 saturated carbocycles. The van der Waals surface area contributed by atoms with Gasteiger partial charge in [0.1, 0.15) is 0 Å². The molecule has 11 heavy (non-hydrogen) atoms. The first kappa shape index (κ1) is 6.73. The molecule has 62 valence electrons. The molecule has 4 rings (SSSR count). The molecular weight excluding hydrogens is 158 g/mol. The van der Waals surface area contributed by atoms with Gasteiger partial charge >= 0.3 is 0 Å². The molecule has 1 aliphatic carbocycles. The number of hydrogen-bond acceptors (Lipinski definition) is 1. The van der Waals surface area contributed by atoms with Gasteiger partial charge in [-0.2, -0.15) is 0 Å². The zero-order chi connectivity index (χ0) is 7.47. The fourth-order valence-corrected chi connectivity index (χ4v) is 4.10. The van der Waals surface area contributed by atoms with Gasteiger partial charge in [0.2, 0.25) is 0 Å². The maximum absolute atomic E-state index is 6.49. The Kier molecular flexibility index (Phi) is 1.19. The summed E-state index contributed by atoms with van der Waals surface area (Å²) in [4.78, 5) is 2.77. The number of alkyl halides is 1. The molecule has 2 heteroatoms. The molecule has 0 amide bonds. The van der Waals surface area contributed by atoms with Crippen LogP contribution in [0.2, 0.25) is 0 Å². The molecule has 3 heterocycles. The van der Waals surface area contributed by atoms with E-state index >= 15 is 0 Å². The third kappa shape index (κ3) is 0.940. The summed E-state index contributed by atoms with van der Waals surface area (Å²) in [5.41, 5.74) is 0. The number of rotatable bonds is 0. The van der Waals surface area contributed by atoms with E-state index in [0.29, 0.717) is 0 Å². The zero-order valence-corrected chi connectivity index (χ0v) is 7.48. The van der Waals surface area contributed by atoms with Gasteiger partial charge in [0, 0.05) is 19.6 Å². The van der Waals surface area contributed by atoms with E-state index in [1.165, 1.54) is 38.9 Å². The molecule has 2 atom stereocenters. The van der Waals surface area contributed by atoms with Crippen molar-refractivity contribution in [1.82, 2.24) is 4.90 Å². The van der Waals surface area contributed by atoms with Crippen molar-refractivity contribution >= 4 is 11.6 Å². The minimum absolute atomic E-state index is 0.198. The highest BCUT2D eigenvalue weighted by atomic mass is 35.5. The van der Waals surface area contributed by atoms with Crippen LogP contribution < -0.4 is 0 Å². The third-order valence-corrected chi connectivity index (χ3v) is 3.94.